The Labute approximate surface area is 185 Å². The second-order valence-electron chi connectivity index (χ2n) is 8.61. The van der Waals surface area contributed by atoms with Crippen LogP contribution in [-0.4, -0.2) is 18.7 Å². The molecule has 1 fully saturated rings. The monoisotopic (exact) mass is 416 g/mol. The van der Waals surface area contributed by atoms with E-state index in [4.69, 9.17) is 4.74 Å². The normalized spacial score (nSPS) is 16.0. The molecule has 0 bridgehead atoms. The van der Waals surface area contributed by atoms with Crippen LogP contribution in [0.5, 0.6) is 5.75 Å². The van der Waals surface area contributed by atoms with E-state index in [9.17, 15) is 9.59 Å². The van der Waals surface area contributed by atoms with E-state index in [0.29, 0.717) is 12.8 Å². The molecule has 3 nitrogen and oxygen atoms in total. The minimum Gasteiger partial charge on any atom is -0.496 e. The first-order valence-corrected chi connectivity index (χ1v) is 11.0. The van der Waals surface area contributed by atoms with E-state index in [1.54, 1.807) is 25.3 Å². The Morgan fingerprint density at radius 1 is 0.774 bits per heavy atom. The molecule has 2 aromatic rings. The first-order valence-electron chi connectivity index (χ1n) is 11.0. The Balaban J connectivity index is 1.83. The van der Waals surface area contributed by atoms with Gasteiger partial charge in [0.15, 0.2) is 11.6 Å². The quantitative estimate of drug-likeness (QED) is 0.385. The molecule has 1 saturated carbocycles. The summed E-state index contributed by atoms with van der Waals surface area (Å²) in [6.45, 7) is 6.11. The van der Waals surface area contributed by atoms with Gasteiger partial charge in [0, 0.05) is 0 Å². The van der Waals surface area contributed by atoms with Crippen molar-refractivity contribution in [3.8, 4) is 5.75 Å². The summed E-state index contributed by atoms with van der Waals surface area (Å²) in [6, 6.07) is 12.0. The van der Waals surface area contributed by atoms with Crippen LogP contribution in [0, 0.1) is 26.2 Å². The largest absolute Gasteiger partial charge is 0.496 e. The maximum atomic E-state index is 13.3. The number of aryl methyl sites for hydroxylation is 3. The van der Waals surface area contributed by atoms with Crippen LogP contribution in [0.2, 0.25) is 0 Å². The van der Waals surface area contributed by atoms with Crippen molar-refractivity contribution in [2.75, 3.05) is 7.11 Å². The number of ether oxygens (including phenoxy) is 1. The van der Waals surface area contributed by atoms with Gasteiger partial charge in [-0.25, -0.2) is 0 Å². The van der Waals surface area contributed by atoms with E-state index in [1.165, 1.54) is 11.1 Å². The highest BCUT2D eigenvalue weighted by Gasteiger charge is 2.43. The average Bonchev–Trinajstić information content (AvgIpc) is 2.79. The average molecular weight is 417 g/mol. The van der Waals surface area contributed by atoms with Gasteiger partial charge < -0.3 is 4.74 Å². The van der Waals surface area contributed by atoms with Crippen molar-refractivity contribution in [1.82, 2.24) is 0 Å². The molecule has 1 aliphatic carbocycles. The Hall–Kier alpha value is -2.94. The molecule has 3 rings (SSSR count). The predicted octanol–water partition coefficient (Wildman–Crippen LogP) is 6.44. The van der Waals surface area contributed by atoms with Crippen LogP contribution in [0.25, 0.3) is 12.2 Å². The van der Waals surface area contributed by atoms with Crippen LogP contribution in [0.1, 0.15) is 59.9 Å². The molecule has 0 aliphatic heterocycles. The van der Waals surface area contributed by atoms with Gasteiger partial charge in [0.1, 0.15) is 5.75 Å². The number of methoxy groups -OCH3 is 1. The SMILES string of the molecule is COc1cc(/C=C/C(=O)C2(C(=O)/C=C/c3ccc(C)c(C)c3)CCCCC2)ccc1C. The molecule has 0 spiro atoms. The van der Waals surface area contributed by atoms with Gasteiger partial charge in [-0.1, -0.05) is 61.7 Å². The summed E-state index contributed by atoms with van der Waals surface area (Å²) in [5.74, 6) is 0.609. The van der Waals surface area contributed by atoms with Crippen LogP contribution in [0.3, 0.4) is 0 Å². The number of carbonyl (C=O) groups excluding carboxylic acids is 2. The standard InChI is InChI=1S/C28H32O3/c1-20-8-10-23(18-22(20)3)12-14-26(29)28(16-6-5-7-17-28)27(30)15-13-24-11-9-21(2)25(19-24)31-4/h8-15,18-19H,5-7,16-17H2,1-4H3/b14-12+,15-13+. The lowest BCUT2D eigenvalue weighted by Gasteiger charge is -2.32. The Morgan fingerprint density at radius 2 is 1.32 bits per heavy atom. The second kappa shape index (κ2) is 9.91. The Bertz CT molecular complexity index is 1020. The van der Waals surface area contributed by atoms with E-state index in [1.807, 2.05) is 37.3 Å². The number of carbonyl (C=O) groups is 2. The Kier molecular flexibility index (Phi) is 7.27. The molecule has 0 aromatic heterocycles. The fraction of sp³-hybridized carbons (Fsp3) is 0.357. The summed E-state index contributed by atoms with van der Waals surface area (Å²) < 4.78 is 5.37. The third kappa shape index (κ3) is 5.22. The molecule has 2 aromatic carbocycles. The summed E-state index contributed by atoms with van der Waals surface area (Å²) in [7, 11) is 1.64. The fourth-order valence-corrected chi connectivity index (χ4v) is 4.24. The van der Waals surface area contributed by atoms with Gasteiger partial charge in [0.2, 0.25) is 0 Å². The van der Waals surface area contributed by atoms with Gasteiger partial charge in [0.25, 0.3) is 0 Å². The van der Waals surface area contributed by atoms with Gasteiger partial charge >= 0.3 is 0 Å². The zero-order valence-corrected chi connectivity index (χ0v) is 19.0. The maximum Gasteiger partial charge on any atom is 0.169 e. The number of hydrogen-bond donors (Lipinski definition) is 0. The summed E-state index contributed by atoms with van der Waals surface area (Å²) in [5, 5.41) is 0. The summed E-state index contributed by atoms with van der Waals surface area (Å²) in [6.07, 6.45) is 10.9. The Morgan fingerprint density at radius 3 is 1.87 bits per heavy atom. The van der Waals surface area contributed by atoms with E-state index in [0.717, 1.165) is 41.7 Å². The lowest BCUT2D eigenvalue weighted by atomic mass is 9.68. The van der Waals surface area contributed by atoms with Crippen LogP contribution in [0.4, 0.5) is 0 Å². The van der Waals surface area contributed by atoms with Crippen molar-refractivity contribution in [2.24, 2.45) is 5.41 Å². The van der Waals surface area contributed by atoms with E-state index in [-0.39, 0.29) is 11.6 Å². The van der Waals surface area contributed by atoms with Gasteiger partial charge in [-0.2, -0.15) is 0 Å². The van der Waals surface area contributed by atoms with E-state index in [2.05, 4.69) is 26.0 Å². The number of benzene rings is 2. The molecular weight excluding hydrogens is 384 g/mol. The van der Waals surface area contributed by atoms with Crippen LogP contribution < -0.4 is 4.74 Å². The van der Waals surface area contributed by atoms with Crippen molar-refractivity contribution < 1.29 is 14.3 Å². The van der Waals surface area contributed by atoms with Crippen LogP contribution in [0.15, 0.2) is 48.6 Å². The fourth-order valence-electron chi connectivity index (χ4n) is 4.24. The second-order valence-corrected chi connectivity index (χ2v) is 8.61. The van der Waals surface area contributed by atoms with Crippen molar-refractivity contribution in [2.45, 2.75) is 52.9 Å². The molecule has 0 atom stereocenters. The summed E-state index contributed by atoms with van der Waals surface area (Å²) in [4.78, 5) is 26.6. The highest BCUT2D eigenvalue weighted by atomic mass is 16.5. The molecule has 0 saturated heterocycles. The molecule has 0 unspecified atom stereocenters. The van der Waals surface area contributed by atoms with E-state index < -0.39 is 5.41 Å². The molecular formula is C28H32O3. The van der Waals surface area contributed by atoms with Crippen molar-refractivity contribution in [1.29, 1.82) is 0 Å². The first kappa shape index (κ1) is 22.7. The van der Waals surface area contributed by atoms with Gasteiger partial charge in [-0.3, -0.25) is 9.59 Å². The minimum absolute atomic E-state index is 0.0819. The zero-order chi connectivity index (χ0) is 22.4. The van der Waals surface area contributed by atoms with E-state index >= 15 is 0 Å². The molecule has 0 heterocycles. The van der Waals surface area contributed by atoms with Crippen molar-refractivity contribution in [3.05, 3.63) is 76.4 Å². The minimum atomic E-state index is -0.945. The van der Waals surface area contributed by atoms with Gasteiger partial charge in [0.05, 0.1) is 12.5 Å². The molecule has 162 valence electrons. The number of rotatable bonds is 7. The molecule has 3 heteroatoms. The van der Waals surface area contributed by atoms with Gasteiger partial charge in [-0.05, 0) is 79.6 Å². The van der Waals surface area contributed by atoms with Crippen molar-refractivity contribution >= 4 is 23.7 Å². The maximum absolute atomic E-state index is 13.3. The highest BCUT2D eigenvalue weighted by molar-refractivity contribution is 6.17. The third-order valence-electron chi connectivity index (χ3n) is 6.47. The predicted molar refractivity (Wildman–Crippen MR) is 127 cm³/mol. The number of hydrogen-bond acceptors (Lipinski definition) is 3. The zero-order valence-electron chi connectivity index (χ0n) is 19.0. The lowest BCUT2D eigenvalue weighted by molar-refractivity contribution is -0.137. The smallest absolute Gasteiger partial charge is 0.169 e. The highest BCUT2D eigenvalue weighted by Crippen LogP contribution is 2.39. The molecule has 0 N–H and O–H groups in total. The molecule has 0 radical (unpaired) electrons. The van der Waals surface area contributed by atoms with Crippen LogP contribution >= 0.6 is 0 Å². The van der Waals surface area contributed by atoms with Crippen LogP contribution in [-0.2, 0) is 9.59 Å². The summed E-state index contributed by atoms with van der Waals surface area (Å²) in [5.41, 5.74) is 4.38. The lowest BCUT2D eigenvalue weighted by Crippen LogP contribution is -2.39. The van der Waals surface area contributed by atoms with Crippen molar-refractivity contribution in [3.63, 3.8) is 0 Å². The molecule has 1 aliphatic rings. The number of ketones is 2. The molecule has 0 amide bonds. The third-order valence-corrected chi connectivity index (χ3v) is 6.47. The van der Waals surface area contributed by atoms with Gasteiger partial charge in [-0.15, -0.1) is 0 Å². The molecule has 31 heavy (non-hydrogen) atoms. The number of allylic oxidation sites excluding steroid dienone is 2. The summed E-state index contributed by atoms with van der Waals surface area (Å²) >= 11 is 0. The topological polar surface area (TPSA) is 43.4 Å². The first-order chi connectivity index (χ1) is 14.9.